The van der Waals surface area contributed by atoms with E-state index >= 15 is 0 Å². The van der Waals surface area contributed by atoms with Crippen LogP contribution in [0.15, 0.2) is 59.7 Å². The summed E-state index contributed by atoms with van der Waals surface area (Å²) in [4.78, 5) is 24.3. The molecule has 166 valence electrons. The second-order valence-corrected chi connectivity index (χ2v) is 6.59. The molecule has 1 N–H and O–H groups in total. The Labute approximate surface area is 185 Å². The first-order valence-corrected chi connectivity index (χ1v) is 9.92. The second-order valence-electron chi connectivity index (χ2n) is 6.59. The molecule has 32 heavy (non-hydrogen) atoms. The molecule has 8 nitrogen and oxygen atoms in total. The Kier molecular flexibility index (Phi) is 7.64. The summed E-state index contributed by atoms with van der Waals surface area (Å²) in [6.45, 7) is 1.77. The Bertz CT molecular complexity index is 1120. The minimum atomic E-state index is -0.469. The van der Waals surface area contributed by atoms with Crippen LogP contribution >= 0.6 is 0 Å². The van der Waals surface area contributed by atoms with Gasteiger partial charge in [-0.05, 0) is 35.9 Å². The van der Waals surface area contributed by atoms with E-state index in [0.717, 1.165) is 10.8 Å². The van der Waals surface area contributed by atoms with Crippen molar-refractivity contribution in [3.63, 3.8) is 0 Å². The molecule has 0 aliphatic heterocycles. The summed E-state index contributed by atoms with van der Waals surface area (Å²) < 4.78 is 21.0. The fourth-order valence-electron chi connectivity index (χ4n) is 3.03. The van der Waals surface area contributed by atoms with Gasteiger partial charge in [0.05, 0.1) is 27.0 Å². The van der Waals surface area contributed by atoms with E-state index in [4.69, 9.17) is 18.9 Å². The van der Waals surface area contributed by atoms with Crippen molar-refractivity contribution in [3.8, 4) is 17.2 Å². The molecule has 3 rings (SSSR count). The van der Waals surface area contributed by atoms with Crippen LogP contribution in [0.1, 0.15) is 22.8 Å². The van der Waals surface area contributed by atoms with Crippen LogP contribution in [-0.4, -0.2) is 45.5 Å². The van der Waals surface area contributed by atoms with Gasteiger partial charge >= 0.3 is 5.97 Å². The molecule has 0 heterocycles. The van der Waals surface area contributed by atoms with Crippen LogP contribution in [0, 0.1) is 0 Å². The smallest absolute Gasteiger partial charge is 0.344 e. The van der Waals surface area contributed by atoms with E-state index in [9.17, 15) is 9.59 Å². The van der Waals surface area contributed by atoms with Crippen molar-refractivity contribution in [1.82, 2.24) is 5.43 Å². The van der Waals surface area contributed by atoms with Crippen molar-refractivity contribution in [2.45, 2.75) is 6.92 Å². The molecule has 0 unspecified atom stereocenters. The number of nitrogens with one attached hydrogen (secondary N) is 1. The minimum absolute atomic E-state index is 0.233. The van der Waals surface area contributed by atoms with E-state index in [1.54, 1.807) is 31.2 Å². The first-order valence-electron chi connectivity index (χ1n) is 9.92. The average molecular weight is 436 g/mol. The van der Waals surface area contributed by atoms with E-state index in [1.807, 2.05) is 30.3 Å². The molecule has 1 amide bonds. The molecular weight excluding hydrogens is 412 g/mol. The molecule has 0 radical (unpaired) electrons. The number of rotatable bonds is 9. The third kappa shape index (κ3) is 5.54. The molecule has 3 aromatic carbocycles. The van der Waals surface area contributed by atoms with Gasteiger partial charge in [0.2, 0.25) is 0 Å². The largest absolute Gasteiger partial charge is 0.497 e. The number of amides is 1. The first kappa shape index (κ1) is 22.6. The molecule has 3 aromatic rings. The van der Waals surface area contributed by atoms with Gasteiger partial charge in [-0.3, -0.25) is 4.79 Å². The van der Waals surface area contributed by atoms with E-state index in [0.29, 0.717) is 28.4 Å². The number of carbonyl (C=O) groups is 2. The van der Waals surface area contributed by atoms with E-state index in [1.165, 1.54) is 20.4 Å². The van der Waals surface area contributed by atoms with Crippen LogP contribution in [0.25, 0.3) is 10.8 Å². The number of carbonyl (C=O) groups excluding carboxylic acids is 2. The maximum atomic E-state index is 12.6. The predicted octanol–water partition coefficient (Wildman–Crippen LogP) is 3.56. The topological polar surface area (TPSA) is 95.5 Å². The fraction of sp³-hybridized carbons (Fsp3) is 0.208. The van der Waals surface area contributed by atoms with E-state index < -0.39 is 11.9 Å². The Morgan fingerprint density at radius 3 is 2.41 bits per heavy atom. The number of hydrogen-bond acceptors (Lipinski definition) is 7. The van der Waals surface area contributed by atoms with Gasteiger partial charge in [-0.15, -0.1) is 0 Å². The molecule has 0 atom stereocenters. The normalized spacial score (nSPS) is 10.7. The highest BCUT2D eigenvalue weighted by Crippen LogP contribution is 2.27. The third-order valence-corrected chi connectivity index (χ3v) is 4.55. The zero-order valence-electron chi connectivity index (χ0n) is 18.1. The summed E-state index contributed by atoms with van der Waals surface area (Å²) >= 11 is 0. The number of fused-ring (bicyclic) bond motifs is 1. The monoisotopic (exact) mass is 436 g/mol. The highest BCUT2D eigenvalue weighted by molar-refractivity contribution is 6.03. The molecule has 0 saturated heterocycles. The van der Waals surface area contributed by atoms with Crippen LogP contribution in [0.4, 0.5) is 0 Å². The molecule has 0 aliphatic carbocycles. The van der Waals surface area contributed by atoms with Crippen molar-refractivity contribution >= 4 is 28.9 Å². The van der Waals surface area contributed by atoms with Crippen molar-refractivity contribution in [1.29, 1.82) is 0 Å². The summed E-state index contributed by atoms with van der Waals surface area (Å²) in [7, 11) is 3.01. The quantitative estimate of drug-likeness (QED) is 0.313. The fourth-order valence-corrected chi connectivity index (χ4v) is 3.03. The van der Waals surface area contributed by atoms with Gasteiger partial charge < -0.3 is 18.9 Å². The zero-order valence-corrected chi connectivity index (χ0v) is 18.1. The van der Waals surface area contributed by atoms with Gasteiger partial charge in [0.15, 0.2) is 6.61 Å². The first-order chi connectivity index (χ1) is 15.5. The highest BCUT2D eigenvalue weighted by atomic mass is 16.6. The molecule has 0 saturated carbocycles. The summed E-state index contributed by atoms with van der Waals surface area (Å²) in [5.41, 5.74) is 3.45. The Morgan fingerprint density at radius 2 is 1.72 bits per heavy atom. The number of methoxy groups -OCH3 is 2. The van der Waals surface area contributed by atoms with E-state index in [2.05, 4.69) is 10.5 Å². The molecule has 0 aliphatic rings. The summed E-state index contributed by atoms with van der Waals surface area (Å²) in [6, 6.07) is 16.1. The molecule has 8 heteroatoms. The van der Waals surface area contributed by atoms with Crippen LogP contribution in [0.2, 0.25) is 0 Å². The number of esters is 1. The van der Waals surface area contributed by atoms with Crippen molar-refractivity contribution in [2.24, 2.45) is 5.10 Å². The van der Waals surface area contributed by atoms with Crippen LogP contribution in [-0.2, 0) is 9.53 Å². The Morgan fingerprint density at radius 1 is 1.00 bits per heavy atom. The predicted molar refractivity (Wildman–Crippen MR) is 121 cm³/mol. The number of benzene rings is 3. The molecule has 0 fully saturated rings. The van der Waals surface area contributed by atoms with Gasteiger partial charge in [-0.1, -0.05) is 30.3 Å². The van der Waals surface area contributed by atoms with Gasteiger partial charge in [-0.2, -0.15) is 5.10 Å². The highest BCUT2D eigenvalue weighted by Gasteiger charge is 2.12. The van der Waals surface area contributed by atoms with Gasteiger partial charge in [0.25, 0.3) is 5.91 Å². The maximum Gasteiger partial charge on any atom is 0.344 e. The van der Waals surface area contributed by atoms with Crippen molar-refractivity contribution in [2.75, 3.05) is 27.4 Å². The minimum Gasteiger partial charge on any atom is -0.497 e. The Hall–Kier alpha value is -4.07. The second kappa shape index (κ2) is 10.8. The van der Waals surface area contributed by atoms with Crippen molar-refractivity contribution < 1.29 is 28.5 Å². The Balaban J connectivity index is 1.84. The van der Waals surface area contributed by atoms with Crippen LogP contribution < -0.4 is 19.6 Å². The van der Waals surface area contributed by atoms with Gasteiger partial charge in [-0.25, -0.2) is 10.2 Å². The molecule has 0 bridgehead atoms. The number of nitrogens with zero attached hydrogens (tertiary/aromatic N) is 1. The lowest BCUT2D eigenvalue weighted by Crippen LogP contribution is -2.18. The van der Waals surface area contributed by atoms with E-state index in [-0.39, 0.29) is 13.2 Å². The SMILES string of the molecule is CCOC(=O)COc1ccc2ccccc2c1C=NNC(=O)c1cc(OC)cc(OC)c1. The lowest BCUT2D eigenvalue weighted by molar-refractivity contribution is -0.145. The lowest BCUT2D eigenvalue weighted by Gasteiger charge is -2.11. The zero-order chi connectivity index (χ0) is 22.9. The maximum absolute atomic E-state index is 12.6. The summed E-state index contributed by atoms with van der Waals surface area (Å²) in [5, 5.41) is 5.92. The lowest BCUT2D eigenvalue weighted by atomic mass is 10.0. The van der Waals surface area contributed by atoms with Crippen LogP contribution in [0.5, 0.6) is 17.2 Å². The molecule has 0 spiro atoms. The summed E-state index contributed by atoms with van der Waals surface area (Å²) in [6.07, 6.45) is 1.48. The number of hydrogen-bond donors (Lipinski definition) is 1. The third-order valence-electron chi connectivity index (χ3n) is 4.55. The van der Waals surface area contributed by atoms with Crippen LogP contribution in [0.3, 0.4) is 0 Å². The number of ether oxygens (including phenoxy) is 4. The average Bonchev–Trinajstić information content (AvgIpc) is 2.82. The molecule has 0 aromatic heterocycles. The van der Waals surface area contributed by atoms with Gasteiger partial charge in [0.1, 0.15) is 17.2 Å². The van der Waals surface area contributed by atoms with Crippen molar-refractivity contribution in [3.05, 3.63) is 65.7 Å². The standard InChI is InChI=1S/C24H24N2O6/c1-4-31-23(27)15-32-22-10-9-16-7-5-6-8-20(16)21(22)14-25-26-24(28)17-11-18(29-2)13-19(12-17)30-3/h5-14H,4,15H2,1-3H3,(H,26,28). The molecular formula is C24H24N2O6. The summed E-state index contributed by atoms with van der Waals surface area (Å²) in [5.74, 6) is 0.513. The number of hydrazone groups is 1. The van der Waals surface area contributed by atoms with Gasteiger partial charge in [0, 0.05) is 17.2 Å².